The molecule has 0 bridgehead atoms. The highest BCUT2D eigenvalue weighted by Gasteiger charge is 2.21. The van der Waals surface area contributed by atoms with Crippen LogP contribution in [-0.2, 0) is 11.2 Å². The van der Waals surface area contributed by atoms with Gasteiger partial charge < -0.3 is 9.47 Å². The summed E-state index contributed by atoms with van der Waals surface area (Å²) in [5, 5.41) is 0. The lowest BCUT2D eigenvalue weighted by atomic mass is 10.1. The van der Waals surface area contributed by atoms with Crippen LogP contribution in [0.15, 0.2) is 18.2 Å². The van der Waals surface area contributed by atoms with Gasteiger partial charge in [-0.2, -0.15) is 11.8 Å². The van der Waals surface area contributed by atoms with Crippen molar-refractivity contribution in [1.29, 1.82) is 0 Å². The van der Waals surface area contributed by atoms with Crippen LogP contribution in [0.2, 0.25) is 0 Å². The highest BCUT2D eigenvalue weighted by atomic mass is 32.2. The molecule has 2 rings (SSSR count). The molecule has 17 heavy (non-hydrogen) atoms. The van der Waals surface area contributed by atoms with Crippen LogP contribution in [0.4, 0.5) is 0 Å². The highest BCUT2D eigenvalue weighted by molar-refractivity contribution is 8.00. The van der Waals surface area contributed by atoms with E-state index in [-0.39, 0.29) is 5.78 Å². The summed E-state index contributed by atoms with van der Waals surface area (Å²) in [6.45, 7) is 1.59. The molecule has 1 heterocycles. The van der Waals surface area contributed by atoms with Gasteiger partial charge >= 0.3 is 0 Å². The molecule has 0 N–H and O–H groups in total. The fraction of sp³-hybridized carbons (Fsp3) is 0.462. The summed E-state index contributed by atoms with van der Waals surface area (Å²) in [6.07, 6.45) is 0.739. The number of hydrogen-bond acceptors (Lipinski definition) is 4. The largest absolute Gasteiger partial charge is 0.493 e. The lowest BCUT2D eigenvalue weighted by Gasteiger charge is -2.26. The van der Waals surface area contributed by atoms with Crippen molar-refractivity contribution in [3.05, 3.63) is 23.8 Å². The number of ether oxygens (including phenoxy) is 2. The minimum Gasteiger partial charge on any atom is -0.493 e. The van der Waals surface area contributed by atoms with E-state index >= 15 is 0 Å². The molecule has 0 amide bonds. The Hall–Kier alpha value is -1.16. The van der Waals surface area contributed by atoms with Crippen LogP contribution in [0.5, 0.6) is 11.5 Å². The predicted molar refractivity (Wildman–Crippen MR) is 69.1 cm³/mol. The molecule has 1 aliphatic rings. The monoisotopic (exact) mass is 252 g/mol. The Morgan fingerprint density at radius 2 is 2.18 bits per heavy atom. The molecule has 92 valence electrons. The Morgan fingerprint density at radius 3 is 2.71 bits per heavy atom. The third kappa shape index (κ3) is 3.16. The molecule has 1 saturated heterocycles. The Kier molecular flexibility index (Phi) is 3.94. The lowest BCUT2D eigenvalue weighted by Crippen LogP contribution is -2.31. The van der Waals surface area contributed by atoms with Crippen molar-refractivity contribution in [3.63, 3.8) is 0 Å². The average molecular weight is 252 g/mol. The van der Waals surface area contributed by atoms with E-state index in [1.807, 2.05) is 30.0 Å². The zero-order valence-electron chi connectivity index (χ0n) is 10.1. The summed E-state index contributed by atoms with van der Waals surface area (Å²) in [7, 11) is 1.62. The molecule has 0 aromatic heterocycles. The molecule has 0 saturated carbocycles. The third-order valence-electron chi connectivity index (χ3n) is 2.58. The molecule has 0 radical (unpaired) electrons. The second-order valence-electron chi connectivity index (χ2n) is 4.14. The smallest absolute Gasteiger partial charge is 0.161 e. The van der Waals surface area contributed by atoms with E-state index in [4.69, 9.17) is 9.47 Å². The Bertz CT molecular complexity index is 413. The van der Waals surface area contributed by atoms with E-state index in [2.05, 4.69) is 0 Å². The predicted octanol–water partition coefficient (Wildman–Crippen LogP) is 2.32. The van der Waals surface area contributed by atoms with Crippen LogP contribution in [0, 0.1) is 0 Å². The van der Waals surface area contributed by atoms with E-state index in [1.165, 1.54) is 0 Å². The average Bonchev–Trinajstić information content (AvgIpc) is 2.23. The van der Waals surface area contributed by atoms with Gasteiger partial charge in [-0.1, -0.05) is 6.07 Å². The van der Waals surface area contributed by atoms with E-state index in [1.54, 1.807) is 14.0 Å². The molecule has 4 heteroatoms. The second kappa shape index (κ2) is 5.45. The fourth-order valence-corrected chi connectivity index (χ4v) is 2.23. The van der Waals surface area contributed by atoms with Gasteiger partial charge in [0.15, 0.2) is 11.5 Å². The van der Waals surface area contributed by atoms with Crippen LogP contribution in [0.25, 0.3) is 0 Å². The molecule has 1 aliphatic heterocycles. The molecular weight excluding hydrogens is 236 g/mol. The molecule has 1 aromatic carbocycles. The minimum atomic E-state index is 0.149. The topological polar surface area (TPSA) is 35.5 Å². The van der Waals surface area contributed by atoms with Crippen molar-refractivity contribution in [2.24, 2.45) is 0 Å². The second-order valence-corrected chi connectivity index (χ2v) is 5.22. The number of methoxy groups -OCH3 is 1. The molecule has 0 spiro atoms. The van der Waals surface area contributed by atoms with E-state index < -0.39 is 0 Å². The third-order valence-corrected chi connectivity index (χ3v) is 3.80. The number of ketones is 1. The van der Waals surface area contributed by atoms with Gasteiger partial charge in [-0.25, -0.2) is 0 Å². The van der Waals surface area contributed by atoms with Gasteiger partial charge in [0, 0.05) is 17.9 Å². The van der Waals surface area contributed by atoms with E-state index in [9.17, 15) is 4.79 Å². The summed E-state index contributed by atoms with van der Waals surface area (Å²) in [6, 6.07) is 5.69. The minimum absolute atomic E-state index is 0.149. The van der Waals surface area contributed by atoms with Crippen LogP contribution < -0.4 is 9.47 Å². The van der Waals surface area contributed by atoms with Gasteiger partial charge in [0.1, 0.15) is 11.9 Å². The van der Waals surface area contributed by atoms with Gasteiger partial charge in [-0.15, -0.1) is 0 Å². The van der Waals surface area contributed by atoms with Crippen LogP contribution >= 0.6 is 11.8 Å². The molecule has 1 fully saturated rings. The summed E-state index contributed by atoms with van der Waals surface area (Å²) in [5.41, 5.74) is 0.963. The lowest BCUT2D eigenvalue weighted by molar-refractivity contribution is -0.116. The van der Waals surface area contributed by atoms with Gasteiger partial charge in [-0.05, 0) is 24.6 Å². The van der Waals surface area contributed by atoms with Gasteiger partial charge in [0.25, 0.3) is 0 Å². The Balaban J connectivity index is 2.12. The van der Waals surface area contributed by atoms with E-state index in [0.29, 0.717) is 18.3 Å². The Morgan fingerprint density at radius 1 is 1.41 bits per heavy atom. The number of Topliss-reactive ketones (excluding diaryl/α,β-unsaturated/α-hetero) is 1. The first kappa shape index (κ1) is 12.3. The van der Waals surface area contributed by atoms with E-state index in [0.717, 1.165) is 22.8 Å². The summed E-state index contributed by atoms with van der Waals surface area (Å²) in [4.78, 5) is 11.1. The fourth-order valence-electron chi connectivity index (χ4n) is 1.67. The summed E-state index contributed by atoms with van der Waals surface area (Å²) >= 11 is 1.88. The normalized spacial score (nSPS) is 15.2. The van der Waals surface area contributed by atoms with Crippen molar-refractivity contribution < 1.29 is 14.3 Å². The van der Waals surface area contributed by atoms with Gasteiger partial charge in [-0.3, -0.25) is 4.79 Å². The zero-order chi connectivity index (χ0) is 12.3. The quantitative estimate of drug-likeness (QED) is 0.805. The number of carbonyl (C=O) groups excluding carboxylic acids is 1. The molecule has 0 aliphatic carbocycles. The SMILES string of the molecule is COc1cc(CC(C)=O)ccc1OC1CSC1. The molecule has 0 atom stereocenters. The van der Waals surface area contributed by atoms with Gasteiger partial charge in [0.2, 0.25) is 0 Å². The van der Waals surface area contributed by atoms with Crippen LogP contribution in [0.3, 0.4) is 0 Å². The van der Waals surface area contributed by atoms with Crippen LogP contribution in [-0.4, -0.2) is 30.5 Å². The maximum absolute atomic E-state index is 11.1. The number of rotatable bonds is 5. The summed E-state index contributed by atoms with van der Waals surface area (Å²) < 4.78 is 11.1. The van der Waals surface area contributed by atoms with Crippen molar-refractivity contribution in [2.45, 2.75) is 19.4 Å². The van der Waals surface area contributed by atoms with Crippen molar-refractivity contribution >= 4 is 17.5 Å². The zero-order valence-corrected chi connectivity index (χ0v) is 10.9. The first-order valence-electron chi connectivity index (χ1n) is 5.60. The Labute approximate surface area is 105 Å². The molecule has 0 unspecified atom stereocenters. The molecule has 3 nitrogen and oxygen atoms in total. The van der Waals surface area contributed by atoms with Crippen LogP contribution in [0.1, 0.15) is 12.5 Å². The maximum atomic E-state index is 11.1. The highest BCUT2D eigenvalue weighted by Crippen LogP contribution is 2.32. The first-order valence-corrected chi connectivity index (χ1v) is 6.75. The number of benzene rings is 1. The van der Waals surface area contributed by atoms with Crippen molar-refractivity contribution in [2.75, 3.05) is 18.6 Å². The van der Waals surface area contributed by atoms with Gasteiger partial charge in [0.05, 0.1) is 7.11 Å². The van der Waals surface area contributed by atoms with Crippen molar-refractivity contribution in [3.8, 4) is 11.5 Å². The number of carbonyl (C=O) groups is 1. The standard InChI is InChI=1S/C13H16O3S/c1-9(14)5-10-3-4-12(13(6-10)15-2)16-11-7-17-8-11/h3-4,6,11H,5,7-8H2,1-2H3. The molecule has 1 aromatic rings. The maximum Gasteiger partial charge on any atom is 0.161 e. The number of thioether (sulfide) groups is 1. The first-order chi connectivity index (χ1) is 8.19. The number of hydrogen-bond donors (Lipinski definition) is 0. The summed E-state index contributed by atoms with van der Waals surface area (Å²) in [5.74, 6) is 3.71. The van der Waals surface area contributed by atoms with Crippen molar-refractivity contribution in [1.82, 2.24) is 0 Å². The molecular formula is C13H16O3S.